The number of carbonyl (C=O) groups is 1. The molecule has 26 heavy (non-hydrogen) atoms. The quantitative estimate of drug-likeness (QED) is 0.814. The van der Waals surface area contributed by atoms with Crippen molar-refractivity contribution in [2.45, 2.75) is 31.9 Å². The molecule has 0 bridgehead atoms. The highest BCUT2D eigenvalue weighted by molar-refractivity contribution is 5.81. The molecule has 4 heterocycles. The van der Waals surface area contributed by atoms with Crippen LogP contribution in [0, 0.1) is 0 Å². The van der Waals surface area contributed by atoms with Crippen molar-refractivity contribution in [2.24, 2.45) is 0 Å². The average Bonchev–Trinajstić information content (AvgIpc) is 3.21. The van der Waals surface area contributed by atoms with E-state index >= 15 is 0 Å². The molecular formula is C18H28N6O2. The second kappa shape index (κ2) is 7.36. The molecule has 0 aromatic carbocycles. The molecular weight excluding hydrogens is 332 g/mol. The van der Waals surface area contributed by atoms with Gasteiger partial charge in [-0.15, -0.1) is 0 Å². The van der Waals surface area contributed by atoms with E-state index in [0.29, 0.717) is 6.61 Å². The molecule has 8 nitrogen and oxygen atoms in total. The van der Waals surface area contributed by atoms with Crippen molar-refractivity contribution in [2.75, 3.05) is 63.2 Å². The number of amides is 1. The van der Waals surface area contributed by atoms with Gasteiger partial charge in [0.25, 0.3) is 5.91 Å². The van der Waals surface area contributed by atoms with Crippen LogP contribution in [0.2, 0.25) is 0 Å². The zero-order chi connectivity index (χ0) is 18.1. The van der Waals surface area contributed by atoms with Crippen molar-refractivity contribution >= 4 is 17.7 Å². The van der Waals surface area contributed by atoms with E-state index in [0.717, 1.165) is 76.0 Å². The lowest BCUT2D eigenvalue weighted by Crippen LogP contribution is -2.52. The second-order valence-electron chi connectivity index (χ2n) is 7.41. The first kappa shape index (κ1) is 17.5. The number of nitrogens with one attached hydrogen (secondary N) is 1. The van der Waals surface area contributed by atoms with Crippen molar-refractivity contribution < 1.29 is 9.53 Å². The number of hydrogen-bond acceptors (Lipinski definition) is 7. The number of nitrogens with zero attached hydrogens (tertiary/aromatic N) is 5. The minimum absolute atomic E-state index is 0.157. The van der Waals surface area contributed by atoms with Crippen LogP contribution in [0.15, 0.2) is 0 Å². The minimum Gasteiger partial charge on any atom is -0.368 e. The van der Waals surface area contributed by atoms with Crippen LogP contribution in [0.25, 0.3) is 0 Å². The summed E-state index contributed by atoms with van der Waals surface area (Å²) < 4.78 is 5.56. The average molecular weight is 360 g/mol. The van der Waals surface area contributed by atoms with Crippen molar-refractivity contribution in [3.05, 3.63) is 11.3 Å². The van der Waals surface area contributed by atoms with Gasteiger partial charge in [-0.05, 0) is 25.8 Å². The van der Waals surface area contributed by atoms with Crippen LogP contribution in [-0.2, 0) is 22.5 Å². The Bertz CT molecular complexity index is 666. The van der Waals surface area contributed by atoms with E-state index in [1.54, 1.807) is 0 Å². The molecule has 1 atom stereocenters. The normalized spacial score (nSPS) is 23.1. The van der Waals surface area contributed by atoms with Gasteiger partial charge >= 0.3 is 0 Å². The zero-order valence-electron chi connectivity index (χ0n) is 15.7. The van der Waals surface area contributed by atoms with Gasteiger partial charge in [-0.3, -0.25) is 4.79 Å². The van der Waals surface area contributed by atoms with Crippen molar-refractivity contribution in [1.82, 2.24) is 20.2 Å². The molecule has 1 N–H and O–H groups in total. The molecule has 3 aliphatic rings. The molecule has 0 radical (unpaired) electrons. The monoisotopic (exact) mass is 360 g/mol. The van der Waals surface area contributed by atoms with Crippen LogP contribution in [0.3, 0.4) is 0 Å². The van der Waals surface area contributed by atoms with Gasteiger partial charge < -0.3 is 24.8 Å². The Morgan fingerprint density at radius 3 is 2.73 bits per heavy atom. The summed E-state index contributed by atoms with van der Waals surface area (Å²) in [5, 5.41) is 3.40. The standard InChI is InChI=1S/C18H28N6O2/c1-22(2)18-20-14-12-19-6-5-13(14)16(21-18)23-7-9-24(10-8-23)17(25)15-4-3-11-26-15/h15,19H,3-12H2,1-2H3/t15-/m1/s1. The number of aromatic nitrogens is 2. The molecule has 0 aliphatic carbocycles. The summed E-state index contributed by atoms with van der Waals surface area (Å²) in [5.74, 6) is 1.95. The van der Waals surface area contributed by atoms with Gasteiger partial charge in [-0.25, -0.2) is 4.98 Å². The fourth-order valence-corrected chi connectivity index (χ4v) is 3.90. The molecule has 1 aromatic rings. The number of ether oxygens (including phenoxy) is 1. The number of carbonyl (C=O) groups excluding carboxylic acids is 1. The minimum atomic E-state index is -0.222. The highest BCUT2D eigenvalue weighted by Crippen LogP contribution is 2.27. The Morgan fingerprint density at radius 2 is 2.04 bits per heavy atom. The predicted molar refractivity (Wildman–Crippen MR) is 99.5 cm³/mol. The van der Waals surface area contributed by atoms with E-state index in [9.17, 15) is 4.79 Å². The maximum absolute atomic E-state index is 12.6. The Balaban J connectivity index is 1.50. The van der Waals surface area contributed by atoms with E-state index in [1.165, 1.54) is 5.56 Å². The topological polar surface area (TPSA) is 73.8 Å². The number of fused-ring (bicyclic) bond motifs is 1. The smallest absolute Gasteiger partial charge is 0.251 e. The number of hydrogen-bond donors (Lipinski definition) is 1. The molecule has 4 rings (SSSR count). The van der Waals surface area contributed by atoms with Crippen molar-refractivity contribution in [3.63, 3.8) is 0 Å². The maximum atomic E-state index is 12.6. The van der Waals surface area contributed by atoms with Gasteiger partial charge in [-0.2, -0.15) is 4.98 Å². The predicted octanol–water partition coefficient (Wildman–Crippen LogP) is 0.0159. The lowest BCUT2D eigenvalue weighted by Gasteiger charge is -2.38. The second-order valence-corrected chi connectivity index (χ2v) is 7.41. The molecule has 2 saturated heterocycles. The van der Waals surface area contributed by atoms with E-state index in [4.69, 9.17) is 14.7 Å². The number of rotatable bonds is 3. The lowest BCUT2D eigenvalue weighted by atomic mass is 10.1. The van der Waals surface area contributed by atoms with Gasteiger partial charge in [-0.1, -0.05) is 0 Å². The molecule has 142 valence electrons. The third kappa shape index (κ3) is 3.35. The van der Waals surface area contributed by atoms with E-state index in [2.05, 4.69) is 10.2 Å². The van der Waals surface area contributed by atoms with Crippen molar-refractivity contribution in [3.8, 4) is 0 Å². The number of anilines is 2. The first-order valence-electron chi connectivity index (χ1n) is 9.56. The van der Waals surface area contributed by atoms with E-state index in [-0.39, 0.29) is 12.0 Å². The fourth-order valence-electron chi connectivity index (χ4n) is 3.90. The molecule has 3 aliphatic heterocycles. The van der Waals surface area contributed by atoms with Crippen molar-refractivity contribution in [1.29, 1.82) is 0 Å². The molecule has 1 aromatic heterocycles. The van der Waals surface area contributed by atoms with Gasteiger partial charge in [0.15, 0.2) is 0 Å². The van der Waals surface area contributed by atoms with Crippen LogP contribution < -0.4 is 15.1 Å². The Morgan fingerprint density at radius 1 is 1.23 bits per heavy atom. The summed E-state index contributed by atoms with van der Waals surface area (Å²) in [7, 11) is 3.94. The Kier molecular flexibility index (Phi) is 4.95. The SMILES string of the molecule is CN(C)c1nc2c(c(N3CCN(C(=O)[C@H]4CCCO4)CC3)n1)CCNC2. The summed E-state index contributed by atoms with van der Waals surface area (Å²) in [5.41, 5.74) is 2.36. The third-order valence-corrected chi connectivity index (χ3v) is 5.40. The van der Waals surface area contributed by atoms with Crippen LogP contribution in [0.1, 0.15) is 24.1 Å². The molecule has 0 saturated carbocycles. The summed E-state index contributed by atoms with van der Waals surface area (Å²) in [6.45, 7) is 5.54. The van der Waals surface area contributed by atoms with Gasteiger partial charge in [0, 0.05) is 59.0 Å². The zero-order valence-corrected chi connectivity index (χ0v) is 15.7. The highest BCUT2D eigenvalue weighted by atomic mass is 16.5. The van der Waals surface area contributed by atoms with Gasteiger partial charge in [0.2, 0.25) is 5.95 Å². The summed E-state index contributed by atoms with van der Waals surface area (Å²) in [6, 6.07) is 0. The molecule has 0 unspecified atom stereocenters. The molecule has 2 fully saturated rings. The molecule has 1 amide bonds. The van der Waals surface area contributed by atoms with Crippen LogP contribution in [0.4, 0.5) is 11.8 Å². The largest absolute Gasteiger partial charge is 0.368 e. The highest BCUT2D eigenvalue weighted by Gasteiger charge is 2.31. The Labute approximate surface area is 154 Å². The first-order valence-corrected chi connectivity index (χ1v) is 9.56. The summed E-state index contributed by atoms with van der Waals surface area (Å²) in [6.07, 6.45) is 2.58. The fraction of sp³-hybridized carbons (Fsp3) is 0.722. The van der Waals surface area contributed by atoms with Crippen LogP contribution in [-0.4, -0.2) is 80.3 Å². The van der Waals surface area contributed by atoms with Gasteiger partial charge in [0.05, 0.1) is 5.69 Å². The number of piperazine rings is 1. The van der Waals surface area contributed by atoms with Crippen LogP contribution in [0.5, 0.6) is 0 Å². The van der Waals surface area contributed by atoms with Gasteiger partial charge in [0.1, 0.15) is 11.9 Å². The lowest BCUT2D eigenvalue weighted by molar-refractivity contribution is -0.141. The molecule has 8 heteroatoms. The van der Waals surface area contributed by atoms with E-state index < -0.39 is 0 Å². The third-order valence-electron chi connectivity index (χ3n) is 5.40. The summed E-state index contributed by atoms with van der Waals surface area (Å²) >= 11 is 0. The van der Waals surface area contributed by atoms with Crippen LogP contribution >= 0.6 is 0 Å². The summed E-state index contributed by atoms with van der Waals surface area (Å²) in [4.78, 5) is 28.3. The Hall–Kier alpha value is -1.93. The van der Waals surface area contributed by atoms with E-state index in [1.807, 2.05) is 23.9 Å². The molecule has 0 spiro atoms. The maximum Gasteiger partial charge on any atom is 0.251 e. The first-order chi connectivity index (χ1) is 12.6.